The molecule has 0 radical (unpaired) electrons. The summed E-state index contributed by atoms with van der Waals surface area (Å²) >= 11 is 0. The SMILES string of the molecule is CCCCCCCCCCCCOC(CCN(C)C)COCCOCCO. The molecule has 164 valence electrons. The van der Waals surface area contributed by atoms with Crippen LogP contribution in [0.25, 0.3) is 0 Å². The van der Waals surface area contributed by atoms with Crippen molar-refractivity contribution in [2.24, 2.45) is 0 Å². The molecule has 1 atom stereocenters. The second kappa shape index (κ2) is 22.1. The summed E-state index contributed by atoms with van der Waals surface area (Å²) in [7, 11) is 4.17. The highest BCUT2D eigenvalue weighted by molar-refractivity contribution is 4.60. The first-order valence-electron chi connectivity index (χ1n) is 11.2. The van der Waals surface area contributed by atoms with Crippen LogP contribution in [0.15, 0.2) is 0 Å². The monoisotopic (exact) mass is 389 g/mol. The van der Waals surface area contributed by atoms with Crippen molar-refractivity contribution in [3.63, 3.8) is 0 Å². The van der Waals surface area contributed by atoms with Crippen LogP contribution in [0.5, 0.6) is 0 Å². The van der Waals surface area contributed by atoms with E-state index in [1.165, 1.54) is 57.8 Å². The molecule has 0 aromatic rings. The molecule has 0 aliphatic carbocycles. The first kappa shape index (κ1) is 26.8. The molecule has 0 aromatic carbocycles. The second-order valence-corrected chi connectivity index (χ2v) is 7.68. The maximum atomic E-state index is 8.67. The molecule has 0 saturated carbocycles. The van der Waals surface area contributed by atoms with Crippen LogP contribution in [0.3, 0.4) is 0 Å². The van der Waals surface area contributed by atoms with Crippen molar-refractivity contribution in [2.75, 3.05) is 60.3 Å². The van der Waals surface area contributed by atoms with Gasteiger partial charge in [0.15, 0.2) is 0 Å². The number of hydrogen-bond acceptors (Lipinski definition) is 5. The molecule has 0 aromatic heterocycles. The van der Waals surface area contributed by atoms with Crippen LogP contribution in [0.2, 0.25) is 0 Å². The smallest absolute Gasteiger partial charge is 0.0820 e. The first-order valence-corrected chi connectivity index (χ1v) is 11.2. The lowest BCUT2D eigenvalue weighted by Crippen LogP contribution is -2.27. The molecule has 1 N–H and O–H groups in total. The second-order valence-electron chi connectivity index (χ2n) is 7.68. The molecule has 0 saturated heterocycles. The van der Waals surface area contributed by atoms with Gasteiger partial charge in [0.2, 0.25) is 0 Å². The van der Waals surface area contributed by atoms with Gasteiger partial charge in [-0.25, -0.2) is 0 Å². The zero-order valence-electron chi connectivity index (χ0n) is 18.4. The summed E-state index contributed by atoms with van der Waals surface area (Å²) in [5, 5.41) is 8.67. The summed E-state index contributed by atoms with van der Waals surface area (Å²) < 4.78 is 16.9. The number of unbranched alkanes of at least 4 members (excludes halogenated alkanes) is 9. The van der Waals surface area contributed by atoms with Gasteiger partial charge < -0.3 is 24.2 Å². The summed E-state index contributed by atoms with van der Waals surface area (Å²) in [4.78, 5) is 2.18. The van der Waals surface area contributed by atoms with Crippen LogP contribution in [0.4, 0.5) is 0 Å². The first-order chi connectivity index (χ1) is 13.2. The van der Waals surface area contributed by atoms with E-state index in [0.29, 0.717) is 26.4 Å². The lowest BCUT2D eigenvalue weighted by molar-refractivity contribution is -0.0390. The predicted octanol–water partition coefficient (Wildman–Crippen LogP) is 4.27. The van der Waals surface area contributed by atoms with Gasteiger partial charge in [-0.3, -0.25) is 0 Å². The van der Waals surface area contributed by atoms with E-state index in [0.717, 1.165) is 26.0 Å². The number of aliphatic hydroxyl groups is 1. The minimum Gasteiger partial charge on any atom is -0.394 e. The van der Waals surface area contributed by atoms with Gasteiger partial charge >= 0.3 is 0 Å². The van der Waals surface area contributed by atoms with Gasteiger partial charge in [-0.1, -0.05) is 64.7 Å². The average molecular weight is 390 g/mol. The Morgan fingerprint density at radius 2 is 1.33 bits per heavy atom. The summed E-state index contributed by atoms with van der Waals surface area (Å²) in [6, 6.07) is 0. The van der Waals surface area contributed by atoms with E-state index in [9.17, 15) is 0 Å². The van der Waals surface area contributed by atoms with Crippen molar-refractivity contribution < 1.29 is 19.3 Å². The van der Waals surface area contributed by atoms with Crippen LogP contribution >= 0.6 is 0 Å². The topological polar surface area (TPSA) is 51.2 Å². The van der Waals surface area contributed by atoms with E-state index < -0.39 is 0 Å². The van der Waals surface area contributed by atoms with Crippen molar-refractivity contribution in [1.29, 1.82) is 0 Å². The number of ether oxygens (including phenoxy) is 3. The number of aliphatic hydroxyl groups excluding tert-OH is 1. The standard InChI is InChI=1S/C22H47NO4/c1-4-5-6-7-8-9-10-11-12-13-17-27-22(14-15-23(2)3)21-26-20-19-25-18-16-24/h22,24H,4-21H2,1-3H3. The maximum absolute atomic E-state index is 8.67. The van der Waals surface area contributed by atoms with Crippen LogP contribution in [0.1, 0.15) is 77.6 Å². The molecule has 5 heteroatoms. The third kappa shape index (κ3) is 22.0. The number of rotatable bonds is 22. The third-order valence-corrected chi connectivity index (χ3v) is 4.66. The molecule has 5 nitrogen and oxygen atoms in total. The molecule has 0 rings (SSSR count). The van der Waals surface area contributed by atoms with Gasteiger partial charge in [-0.2, -0.15) is 0 Å². The van der Waals surface area contributed by atoms with Crippen LogP contribution < -0.4 is 0 Å². The quantitative estimate of drug-likeness (QED) is 0.280. The van der Waals surface area contributed by atoms with Crippen molar-refractivity contribution in [1.82, 2.24) is 4.90 Å². The fourth-order valence-corrected chi connectivity index (χ4v) is 2.96. The fraction of sp³-hybridized carbons (Fsp3) is 1.00. The lowest BCUT2D eigenvalue weighted by atomic mass is 10.1. The van der Waals surface area contributed by atoms with E-state index in [4.69, 9.17) is 19.3 Å². The van der Waals surface area contributed by atoms with E-state index >= 15 is 0 Å². The molecule has 0 amide bonds. The summed E-state index contributed by atoms with van der Waals surface area (Å²) in [6.07, 6.45) is 14.6. The summed E-state index contributed by atoms with van der Waals surface area (Å²) in [5.41, 5.74) is 0. The fourth-order valence-electron chi connectivity index (χ4n) is 2.96. The van der Waals surface area contributed by atoms with E-state index in [1.54, 1.807) is 0 Å². The lowest BCUT2D eigenvalue weighted by Gasteiger charge is -2.20. The largest absolute Gasteiger partial charge is 0.394 e. The molecule has 0 aliphatic rings. The molecule has 0 heterocycles. The highest BCUT2D eigenvalue weighted by atomic mass is 16.5. The molecule has 0 spiro atoms. The van der Waals surface area contributed by atoms with E-state index in [2.05, 4.69) is 25.9 Å². The Labute approximate surface area is 168 Å². The van der Waals surface area contributed by atoms with E-state index in [1.807, 2.05) is 0 Å². The van der Waals surface area contributed by atoms with Crippen LogP contribution in [-0.4, -0.2) is 76.4 Å². The molecule has 27 heavy (non-hydrogen) atoms. The minimum absolute atomic E-state index is 0.0629. The Bertz CT molecular complexity index is 277. The highest BCUT2D eigenvalue weighted by Gasteiger charge is 2.10. The molecular formula is C22H47NO4. The summed E-state index contributed by atoms with van der Waals surface area (Å²) in [6.45, 7) is 6.25. The van der Waals surface area contributed by atoms with Gasteiger partial charge in [0.05, 0.1) is 39.1 Å². The number of hydrogen-bond donors (Lipinski definition) is 1. The Balaban J connectivity index is 3.61. The van der Waals surface area contributed by atoms with Gasteiger partial charge in [-0.05, 0) is 26.9 Å². The molecule has 1 unspecified atom stereocenters. The molecule has 0 fully saturated rings. The molecular weight excluding hydrogens is 342 g/mol. The highest BCUT2D eigenvalue weighted by Crippen LogP contribution is 2.11. The third-order valence-electron chi connectivity index (χ3n) is 4.66. The van der Waals surface area contributed by atoms with Gasteiger partial charge in [0.1, 0.15) is 0 Å². The van der Waals surface area contributed by atoms with Crippen molar-refractivity contribution in [3.05, 3.63) is 0 Å². The van der Waals surface area contributed by atoms with Gasteiger partial charge in [0, 0.05) is 13.2 Å². The maximum Gasteiger partial charge on any atom is 0.0820 e. The van der Waals surface area contributed by atoms with E-state index in [-0.39, 0.29) is 12.7 Å². The van der Waals surface area contributed by atoms with Gasteiger partial charge in [0.25, 0.3) is 0 Å². The molecule has 0 aliphatic heterocycles. The minimum atomic E-state index is 0.0629. The molecule has 0 bridgehead atoms. The Kier molecular flexibility index (Phi) is 21.9. The predicted molar refractivity (Wildman–Crippen MR) is 113 cm³/mol. The zero-order chi connectivity index (χ0) is 20.0. The summed E-state index contributed by atoms with van der Waals surface area (Å²) in [5.74, 6) is 0. The van der Waals surface area contributed by atoms with Gasteiger partial charge in [-0.15, -0.1) is 0 Å². The Morgan fingerprint density at radius 3 is 1.93 bits per heavy atom. The van der Waals surface area contributed by atoms with Crippen LogP contribution in [0, 0.1) is 0 Å². The van der Waals surface area contributed by atoms with Crippen molar-refractivity contribution in [2.45, 2.75) is 83.7 Å². The Morgan fingerprint density at radius 1 is 0.741 bits per heavy atom. The van der Waals surface area contributed by atoms with Crippen molar-refractivity contribution in [3.8, 4) is 0 Å². The van der Waals surface area contributed by atoms with Crippen molar-refractivity contribution >= 4 is 0 Å². The number of nitrogens with zero attached hydrogens (tertiary/aromatic N) is 1. The Hall–Kier alpha value is -0.200. The normalized spacial score (nSPS) is 12.8. The zero-order valence-corrected chi connectivity index (χ0v) is 18.4. The average Bonchev–Trinajstić information content (AvgIpc) is 2.66. The van der Waals surface area contributed by atoms with Crippen LogP contribution in [-0.2, 0) is 14.2 Å².